The number of carbonyl (C=O) groups excluding carboxylic acids is 1. The Morgan fingerprint density at radius 2 is 1.90 bits per heavy atom. The van der Waals surface area contributed by atoms with Gasteiger partial charge in [-0.25, -0.2) is 8.42 Å². The lowest BCUT2D eigenvalue weighted by Crippen LogP contribution is -2.46. The van der Waals surface area contributed by atoms with Gasteiger partial charge in [0.1, 0.15) is 0 Å². The third-order valence-electron chi connectivity index (χ3n) is 3.84. The third kappa shape index (κ3) is 2.11. The zero-order valence-corrected chi connectivity index (χ0v) is 12.1. The monoisotopic (exact) mass is 295 g/mol. The maximum Gasteiger partial charge on any atom is 0.243 e. The van der Waals surface area contributed by atoms with Gasteiger partial charge < -0.3 is 10.2 Å². The van der Waals surface area contributed by atoms with Crippen LogP contribution < -0.4 is 10.2 Å². The summed E-state index contributed by atoms with van der Waals surface area (Å²) in [5.74, 6) is -0.00304. The van der Waals surface area contributed by atoms with E-state index in [1.54, 1.807) is 30.1 Å². The van der Waals surface area contributed by atoms with Gasteiger partial charge in [-0.05, 0) is 23.8 Å². The molecule has 1 N–H and O–H groups in total. The fraction of sp³-hybridized carbons (Fsp3) is 0.462. The van der Waals surface area contributed by atoms with E-state index in [0.29, 0.717) is 26.2 Å². The summed E-state index contributed by atoms with van der Waals surface area (Å²) in [4.78, 5) is 13.5. The Bertz CT molecular complexity index is 651. The minimum Gasteiger partial charge on any atom is -0.315 e. The quantitative estimate of drug-likeness (QED) is 0.820. The first kappa shape index (κ1) is 13.5. The number of piperazine rings is 1. The first-order chi connectivity index (χ1) is 9.50. The van der Waals surface area contributed by atoms with Crippen molar-refractivity contribution in [1.82, 2.24) is 9.62 Å². The Labute approximate surface area is 118 Å². The summed E-state index contributed by atoms with van der Waals surface area (Å²) in [5.41, 5.74) is 1.59. The number of carbonyl (C=O) groups is 1. The molecule has 0 radical (unpaired) electrons. The highest BCUT2D eigenvalue weighted by Crippen LogP contribution is 2.30. The van der Waals surface area contributed by atoms with Crippen molar-refractivity contribution in [1.29, 1.82) is 0 Å². The molecule has 108 valence electrons. The molecule has 0 atom stereocenters. The summed E-state index contributed by atoms with van der Waals surface area (Å²) >= 11 is 0. The minimum absolute atomic E-state index is 0.00304. The van der Waals surface area contributed by atoms with Crippen molar-refractivity contribution in [3.8, 4) is 0 Å². The van der Waals surface area contributed by atoms with Crippen molar-refractivity contribution in [3.63, 3.8) is 0 Å². The normalized spacial score (nSPS) is 20.2. The zero-order chi connectivity index (χ0) is 14.3. The molecular formula is C13H17N3O3S. The number of likely N-dealkylation sites (N-methyl/N-ethyl adjacent to an activating group) is 1. The van der Waals surface area contributed by atoms with E-state index in [2.05, 4.69) is 5.32 Å². The molecule has 2 aliphatic rings. The number of rotatable bonds is 2. The Hall–Kier alpha value is -1.44. The van der Waals surface area contributed by atoms with Gasteiger partial charge in [0.15, 0.2) is 0 Å². The zero-order valence-electron chi connectivity index (χ0n) is 11.3. The smallest absolute Gasteiger partial charge is 0.243 e. The number of nitrogens with zero attached hydrogens (tertiary/aromatic N) is 2. The molecule has 0 bridgehead atoms. The SMILES string of the molecule is CN1C(=O)Cc2cc(S(=O)(=O)N3CCNCC3)ccc21. The number of hydrogen-bond acceptors (Lipinski definition) is 4. The number of hydrogen-bond donors (Lipinski definition) is 1. The summed E-state index contributed by atoms with van der Waals surface area (Å²) in [5, 5.41) is 3.13. The topological polar surface area (TPSA) is 69.7 Å². The highest BCUT2D eigenvalue weighted by Gasteiger charge is 2.29. The van der Waals surface area contributed by atoms with Crippen molar-refractivity contribution in [2.24, 2.45) is 0 Å². The summed E-state index contributed by atoms with van der Waals surface area (Å²) in [6, 6.07) is 4.94. The maximum absolute atomic E-state index is 12.5. The second kappa shape index (κ2) is 4.83. The molecule has 7 heteroatoms. The van der Waals surface area contributed by atoms with Gasteiger partial charge in [0.25, 0.3) is 0 Å². The van der Waals surface area contributed by atoms with E-state index in [9.17, 15) is 13.2 Å². The predicted molar refractivity (Wildman–Crippen MR) is 75.2 cm³/mol. The molecule has 1 aromatic carbocycles. The van der Waals surface area contributed by atoms with Crippen molar-refractivity contribution in [3.05, 3.63) is 23.8 Å². The Kier molecular flexibility index (Phi) is 3.27. The van der Waals surface area contributed by atoms with E-state index in [4.69, 9.17) is 0 Å². The number of anilines is 1. The van der Waals surface area contributed by atoms with Crippen LogP contribution in [0.2, 0.25) is 0 Å². The van der Waals surface area contributed by atoms with Crippen LogP contribution in [-0.4, -0.2) is 51.9 Å². The van der Waals surface area contributed by atoms with Crippen LogP contribution in [0.1, 0.15) is 5.56 Å². The summed E-state index contributed by atoms with van der Waals surface area (Å²) in [6.45, 7) is 2.31. The van der Waals surface area contributed by atoms with Crippen LogP contribution in [0.3, 0.4) is 0 Å². The molecule has 0 aliphatic carbocycles. The molecule has 0 unspecified atom stereocenters. The highest BCUT2D eigenvalue weighted by molar-refractivity contribution is 7.89. The van der Waals surface area contributed by atoms with Gasteiger partial charge >= 0.3 is 0 Å². The molecular weight excluding hydrogens is 278 g/mol. The van der Waals surface area contributed by atoms with Crippen LogP contribution in [0.5, 0.6) is 0 Å². The van der Waals surface area contributed by atoms with Crippen molar-refractivity contribution in [2.45, 2.75) is 11.3 Å². The van der Waals surface area contributed by atoms with Crippen LogP contribution in [0, 0.1) is 0 Å². The molecule has 1 fully saturated rings. The molecule has 1 amide bonds. The number of fused-ring (bicyclic) bond motifs is 1. The number of nitrogens with one attached hydrogen (secondary N) is 1. The van der Waals surface area contributed by atoms with Gasteiger partial charge in [-0.3, -0.25) is 4.79 Å². The van der Waals surface area contributed by atoms with Gasteiger partial charge in [0.2, 0.25) is 15.9 Å². The predicted octanol–water partition coefficient (Wildman–Crippen LogP) is -0.201. The van der Waals surface area contributed by atoms with Gasteiger partial charge in [-0.15, -0.1) is 0 Å². The van der Waals surface area contributed by atoms with Crippen LogP contribution in [0.4, 0.5) is 5.69 Å². The minimum atomic E-state index is -3.46. The molecule has 1 saturated heterocycles. The van der Waals surface area contributed by atoms with Crippen LogP contribution in [0.25, 0.3) is 0 Å². The van der Waals surface area contributed by atoms with E-state index in [-0.39, 0.29) is 17.2 Å². The van der Waals surface area contributed by atoms with E-state index < -0.39 is 10.0 Å². The van der Waals surface area contributed by atoms with E-state index >= 15 is 0 Å². The fourth-order valence-corrected chi connectivity index (χ4v) is 4.13. The average Bonchev–Trinajstić information content (AvgIpc) is 2.74. The second-order valence-electron chi connectivity index (χ2n) is 5.07. The molecule has 0 aromatic heterocycles. The second-order valence-corrected chi connectivity index (χ2v) is 7.01. The fourth-order valence-electron chi connectivity index (χ4n) is 2.64. The van der Waals surface area contributed by atoms with Gasteiger partial charge in [-0.2, -0.15) is 4.31 Å². The lowest BCUT2D eigenvalue weighted by Gasteiger charge is -2.26. The van der Waals surface area contributed by atoms with E-state index in [1.165, 1.54) is 4.31 Å². The van der Waals surface area contributed by atoms with Crippen LogP contribution >= 0.6 is 0 Å². The summed E-state index contributed by atoms with van der Waals surface area (Å²) in [6.07, 6.45) is 0.275. The number of sulfonamides is 1. The summed E-state index contributed by atoms with van der Waals surface area (Å²) in [7, 11) is -1.75. The maximum atomic E-state index is 12.5. The first-order valence-electron chi connectivity index (χ1n) is 6.60. The molecule has 6 nitrogen and oxygen atoms in total. The van der Waals surface area contributed by atoms with Gasteiger partial charge in [-0.1, -0.05) is 0 Å². The Morgan fingerprint density at radius 1 is 1.20 bits per heavy atom. The lowest BCUT2D eigenvalue weighted by molar-refractivity contribution is -0.117. The molecule has 2 heterocycles. The molecule has 2 aliphatic heterocycles. The van der Waals surface area contributed by atoms with Crippen molar-refractivity contribution < 1.29 is 13.2 Å². The first-order valence-corrected chi connectivity index (χ1v) is 8.04. The number of amides is 1. The van der Waals surface area contributed by atoms with Crippen LogP contribution in [0.15, 0.2) is 23.1 Å². The number of benzene rings is 1. The van der Waals surface area contributed by atoms with Crippen molar-refractivity contribution in [2.75, 3.05) is 38.1 Å². The standard InChI is InChI=1S/C13H17N3O3S/c1-15-12-3-2-11(8-10(12)9-13(15)17)20(18,19)16-6-4-14-5-7-16/h2-3,8,14H,4-7,9H2,1H3. The highest BCUT2D eigenvalue weighted by atomic mass is 32.2. The van der Waals surface area contributed by atoms with E-state index in [0.717, 1.165) is 11.3 Å². The van der Waals surface area contributed by atoms with Gasteiger partial charge in [0, 0.05) is 38.9 Å². The molecule has 3 rings (SSSR count). The molecule has 1 aromatic rings. The van der Waals surface area contributed by atoms with Crippen molar-refractivity contribution >= 4 is 21.6 Å². The largest absolute Gasteiger partial charge is 0.315 e. The third-order valence-corrected chi connectivity index (χ3v) is 5.74. The molecule has 20 heavy (non-hydrogen) atoms. The van der Waals surface area contributed by atoms with Crippen LogP contribution in [-0.2, 0) is 21.2 Å². The Morgan fingerprint density at radius 3 is 2.60 bits per heavy atom. The molecule has 0 spiro atoms. The van der Waals surface area contributed by atoms with Gasteiger partial charge in [0.05, 0.1) is 11.3 Å². The Balaban J connectivity index is 1.95. The summed E-state index contributed by atoms with van der Waals surface area (Å²) < 4.78 is 26.6. The lowest BCUT2D eigenvalue weighted by atomic mass is 10.2. The average molecular weight is 295 g/mol. The molecule has 0 saturated carbocycles. The van der Waals surface area contributed by atoms with E-state index in [1.807, 2.05) is 0 Å².